The minimum atomic E-state index is -4.10. The number of methoxy groups -OCH3 is 2. The van der Waals surface area contributed by atoms with E-state index in [0.717, 1.165) is 60.8 Å². The maximum Gasteiger partial charge on any atom is 0.297 e. The van der Waals surface area contributed by atoms with Gasteiger partial charge in [0.2, 0.25) is 0 Å². The zero-order valence-corrected chi connectivity index (χ0v) is 53.3. The Bertz CT molecular complexity index is 3600. The summed E-state index contributed by atoms with van der Waals surface area (Å²) in [5.41, 5.74) is 0.204. The Morgan fingerprint density at radius 2 is 0.851 bits per heavy atom. The minimum Gasteiger partial charge on any atom is -0.497 e. The molecule has 0 amide bonds. The van der Waals surface area contributed by atoms with Gasteiger partial charge in [0.15, 0.2) is 0 Å². The van der Waals surface area contributed by atoms with Crippen LogP contribution < -0.4 is 9.47 Å². The monoisotopic (exact) mass is 1270 g/mol. The van der Waals surface area contributed by atoms with Gasteiger partial charge in [-0.1, -0.05) is 156 Å². The summed E-state index contributed by atoms with van der Waals surface area (Å²) in [5, 5.41) is 31.5. The Labute approximate surface area is 514 Å². The zero-order chi connectivity index (χ0) is 64.3. The average Bonchev–Trinajstić information content (AvgIpc) is 2.58. The minimum absolute atomic E-state index is 0.00934. The van der Waals surface area contributed by atoms with E-state index in [1.807, 2.05) is 0 Å². The molecule has 2 fully saturated rings. The molecule has 0 saturated heterocycles. The Hall–Kier alpha value is -6.60. The highest BCUT2D eigenvalue weighted by molar-refractivity contribution is 7.87. The molecule has 470 valence electrons. The van der Waals surface area contributed by atoms with E-state index >= 15 is 0 Å². The average molecular weight is 1270 g/mol. The molecule has 21 heteroatoms. The van der Waals surface area contributed by atoms with Crippen molar-refractivity contribution < 1.29 is 75.2 Å². The predicted molar refractivity (Wildman–Crippen MR) is 339 cm³/mol. The van der Waals surface area contributed by atoms with Crippen LogP contribution in [0.5, 0.6) is 11.5 Å². The standard InChI is InChI=1S/C24H24O6S.C15H20O4S.C14H18O3S.C13H18O4S/c1-4-18-5-15-23(16-6-18)31(26,27)30-17-24(25,19-7-11-21(28-2)12-8-19)20-9-13-22(29-3)14-10-20;1-3-12-7-9-13(10-8-12)20(17,18)19-14-6-4-5-11-15(14,2)16;1-2-12-8-10-14(11-9-12)18(15,16)17-13-6-4-3-5-7-13;1-5-11-6-8-12(9-7-11)18(15,16)17-10(2)13(3,4)14/h4-16,25H,1,17H2,2-3H3;3,7-10,14,16H,1,4-6,11H2,2H3;2,8-11,13H,1,3-7H2;5-10,14H,1H2,2-4H3. The first-order valence-electron chi connectivity index (χ1n) is 28.0. The van der Waals surface area contributed by atoms with Crippen molar-refractivity contribution in [3.63, 3.8) is 0 Å². The quantitative estimate of drug-likeness (QED) is 0.0534. The summed E-state index contributed by atoms with van der Waals surface area (Å²) in [6.07, 6.45) is 12.7. The van der Waals surface area contributed by atoms with Crippen LogP contribution in [0, 0.1) is 0 Å². The Morgan fingerprint density at radius 3 is 1.20 bits per heavy atom. The lowest BCUT2D eigenvalue weighted by atomic mass is 9.84. The van der Waals surface area contributed by atoms with Gasteiger partial charge in [-0.3, -0.25) is 16.7 Å². The lowest BCUT2D eigenvalue weighted by molar-refractivity contribution is -0.0712. The highest BCUT2D eigenvalue weighted by atomic mass is 32.2. The van der Waals surface area contributed by atoms with Crippen LogP contribution in [-0.2, 0) is 62.8 Å². The molecule has 3 unspecified atom stereocenters. The van der Waals surface area contributed by atoms with E-state index < -0.39 is 76.1 Å². The van der Waals surface area contributed by atoms with Gasteiger partial charge in [0.1, 0.15) is 35.9 Å². The van der Waals surface area contributed by atoms with Gasteiger partial charge in [0.05, 0.1) is 51.1 Å². The largest absolute Gasteiger partial charge is 0.497 e. The van der Waals surface area contributed by atoms with Crippen molar-refractivity contribution in [2.75, 3.05) is 20.8 Å². The summed E-state index contributed by atoms with van der Waals surface area (Å²) < 4.78 is 129. The molecule has 6 aromatic carbocycles. The summed E-state index contributed by atoms with van der Waals surface area (Å²) in [5.74, 6) is 1.22. The van der Waals surface area contributed by atoms with Gasteiger partial charge in [-0.05, 0) is 160 Å². The van der Waals surface area contributed by atoms with Crippen LogP contribution in [0.2, 0.25) is 0 Å². The second-order valence-corrected chi connectivity index (χ2v) is 27.8. The second kappa shape index (κ2) is 31.5. The maximum absolute atomic E-state index is 12.7. The van der Waals surface area contributed by atoms with Crippen molar-refractivity contribution in [1.29, 1.82) is 0 Å². The first-order chi connectivity index (χ1) is 40.9. The molecule has 17 nitrogen and oxygen atoms in total. The predicted octanol–water partition coefficient (Wildman–Crippen LogP) is 12.3. The molecule has 6 aromatic rings. The van der Waals surface area contributed by atoms with Crippen molar-refractivity contribution in [1.82, 2.24) is 0 Å². The Morgan fingerprint density at radius 1 is 0.506 bits per heavy atom. The molecule has 8 rings (SSSR count). The van der Waals surface area contributed by atoms with Crippen LogP contribution >= 0.6 is 0 Å². The van der Waals surface area contributed by atoms with Crippen LogP contribution in [0.4, 0.5) is 0 Å². The van der Waals surface area contributed by atoms with Crippen LogP contribution in [0.1, 0.15) is 119 Å². The molecule has 0 spiro atoms. The van der Waals surface area contributed by atoms with E-state index in [9.17, 15) is 49.0 Å². The first-order valence-corrected chi connectivity index (χ1v) is 33.6. The number of hydrogen-bond acceptors (Lipinski definition) is 17. The van der Waals surface area contributed by atoms with Gasteiger partial charge in [-0.25, -0.2) is 0 Å². The van der Waals surface area contributed by atoms with Crippen LogP contribution in [0.3, 0.4) is 0 Å². The molecule has 0 bridgehead atoms. The Kier molecular flexibility index (Phi) is 25.8. The fourth-order valence-corrected chi connectivity index (χ4v) is 13.2. The van der Waals surface area contributed by atoms with Gasteiger partial charge in [-0.2, -0.15) is 33.7 Å². The normalized spacial score (nSPS) is 17.0. The van der Waals surface area contributed by atoms with Gasteiger partial charge in [0.25, 0.3) is 40.5 Å². The molecule has 87 heavy (non-hydrogen) atoms. The first kappa shape index (κ1) is 71.2. The number of ether oxygens (including phenoxy) is 2. The fraction of sp³-hybridized carbons (Fsp3) is 0.333. The highest BCUT2D eigenvalue weighted by Crippen LogP contribution is 2.35. The van der Waals surface area contributed by atoms with Crippen LogP contribution in [-0.4, -0.2) is 99.3 Å². The highest BCUT2D eigenvalue weighted by Gasteiger charge is 2.39. The molecule has 2 saturated carbocycles. The third kappa shape index (κ3) is 20.8. The Balaban J connectivity index is 0.000000218. The van der Waals surface area contributed by atoms with E-state index in [2.05, 4.69) is 26.3 Å². The molecule has 2 aliphatic carbocycles. The summed E-state index contributed by atoms with van der Waals surface area (Å²) in [7, 11) is -12.4. The van der Waals surface area contributed by atoms with Crippen molar-refractivity contribution in [2.45, 2.75) is 140 Å². The SMILES string of the molecule is C=Cc1ccc(S(=O)(=O)OC(C)C(C)(C)O)cc1.C=Cc1ccc(S(=O)(=O)OC2CCCCC2(C)O)cc1.C=Cc1ccc(S(=O)(=O)OC2CCCCC2)cc1.C=Cc1ccc(S(=O)(=O)OCC(O)(c2ccc(OC)cc2)c2ccc(OC)cc2)cc1. The molecule has 0 heterocycles. The molecule has 0 aromatic heterocycles. The summed E-state index contributed by atoms with van der Waals surface area (Å²) in [6, 6.07) is 38.6. The molecule has 3 N–H and O–H groups in total. The van der Waals surface area contributed by atoms with Gasteiger partial charge in [-0.15, -0.1) is 0 Å². The molecule has 2 aliphatic rings. The zero-order valence-electron chi connectivity index (χ0n) is 50.0. The maximum atomic E-state index is 12.7. The summed E-state index contributed by atoms with van der Waals surface area (Å²) in [6.45, 7) is 20.1. The molecule has 0 radical (unpaired) electrons. The van der Waals surface area contributed by atoms with Gasteiger partial charge in [0, 0.05) is 0 Å². The van der Waals surface area contributed by atoms with Crippen LogP contribution in [0.15, 0.2) is 191 Å². The molecule has 3 atom stereocenters. The van der Waals surface area contributed by atoms with Crippen LogP contribution in [0.25, 0.3) is 24.3 Å². The molecular weight excluding hydrogens is 1190 g/mol. The van der Waals surface area contributed by atoms with E-state index in [0.29, 0.717) is 35.5 Å². The lowest BCUT2D eigenvalue weighted by Crippen LogP contribution is -2.44. The van der Waals surface area contributed by atoms with Gasteiger partial charge >= 0.3 is 0 Å². The summed E-state index contributed by atoms with van der Waals surface area (Å²) >= 11 is 0. The second-order valence-electron chi connectivity index (χ2n) is 21.4. The fourth-order valence-electron chi connectivity index (χ4n) is 8.78. The molecule has 0 aliphatic heterocycles. The van der Waals surface area contributed by atoms with E-state index in [1.165, 1.54) is 77.8 Å². The van der Waals surface area contributed by atoms with Crippen molar-refractivity contribution in [3.05, 3.63) is 205 Å². The van der Waals surface area contributed by atoms with Gasteiger partial charge < -0.3 is 24.8 Å². The smallest absolute Gasteiger partial charge is 0.297 e. The number of hydrogen-bond donors (Lipinski definition) is 3. The summed E-state index contributed by atoms with van der Waals surface area (Å²) in [4.78, 5) is 0.372. The van der Waals surface area contributed by atoms with Crippen molar-refractivity contribution in [2.24, 2.45) is 0 Å². The number of aliphatic hydroxyl groups is 3. The van der Waals surface area contributed by atoms with Crippen molar-refractivity contribution in [3.8, 4) is 11.5 Å². The van der Waals surface area contributed by atoms with E-state index in [1.54, 1.807) is 140 Å². The topological polar surface area (TPSA) is 253 Å². The lowest BCUT2D eigenvalue weighted by Gasteiger charge is -2.35. The number of benzene rings is 6. The third-order valence-electron chi connectivity index (χ3n) is 14.6. The number of rotatable bonds is 22. The van der Waals surface area contributed by atoms with Crippen molar-refractivity contribution >= 4 is 64.8 Å². The van der Waals surface area contributed by atoms with E-state index in [-0.39, 0.29) is 25.7 Å². The third-order valence-corrected chi connectivity index (χ3v) is 20.0. The molecular formula is C66H80O17S4. The van der Waals surface area contributed by atoms with E-state index in [4.69, 9.17) is 26.2 Å².